The van der Waals surface area contributed by atoms with Crippen LogP contribution in [-0.4, -0.2) is 18.1 Å². The number of pyridine rings is 1. The van der Waals surface area contributed by atoms with Gasteiger partial charge in [-0.25, -0.2) is 0 Å². The van der Waals surface area contributed by atoms with Crippen molar-refractivity contribution in [3.63, 3.8) is 0 Å². The summed E-state index contributed by atoms with van der Waals surface area (Å²) in [5.74, 6) is 1.03. The summed E-state index contributed by atoms with van der Waals surface area (Å²) in [4.78, 5) is 3.90. The Kier molecular flexibility index (Phi) is 3.99. The summed E-state index contributed by atoms with van der Waals surface area (Å²) in [6.45, 7) is 3.24. The van der Waals surface area contributed by atoms with Gasteiger partial charge in [-0.05, 0) is 6.54 Å². The predicted octanol–water partition coefficient (Wildman–Crippen LogP) is 1.71. The van der Waals surface area contributed by atoms with Gasteiger partial charge >= 0.3 is 0 Å². The van der Waals surface area contributed by atoms with E-state index in [0.29, 0.717) is 29.8 Å². The van der Waals surface area contributed by atoms with Gasteiger partial charge in [0.1, 0.15) is 5.75 Å². The van der Waals surface area contributed by atoms with Crippen LogP contribution < -0.4 is 10.5 Å². The highest BCUT2D eigenvalue weighted by molar-refractivity contribution is 6.30. The monoisotopic (exact) mass is 200 g/mol. The Morgan fingerprint density at radius 3 is 3.00 bits per heavy atom. The Labute approximate surface area is 82.9 Å². The maximum Gasteiger partial charge on any atom is 0.139 e. The van der Waals surface area contributed by atoms with Crippen LogP contribution in [0.5, 0.6) is 5.75 Å². The molecule has 72 valence electrons. The molecule has 0 spiro atoms. The fourth-order valence-electron chi connectivity index (χ4n) is 0.778. The highest BCUT2D eigenvalue weighted by Crippen LogP contribution is 2.15. The van der Waals surface area contributed by atoms with Gasteiger partial charge in [0, 0.05) is 18.2 Å². The van der Waals surface area contributed by atoms with E-state index in [1.54, 1.807) is 18.5 Å². The second-order valence-electron chi connectivity index (χ2n) is 2.99. The van der Waals surface area contributed by atoms with E-state index >= 15 is 0 Å². The van der Waals surface area contributed by atoms with Gasteiger partial charge in [0.15, 0.2) is 0 Å². The normalized spacial score (nSPS) is 12.5. The molecule has 0 aromatic carbocycles. The van der Waals surface area contributed by atoms with Gasteiger partial charge in [-0.1, -0.05) is 18.5 Å². The zero-order chi connectivity index (χ0) is 9.68. The number of hydrogen-bond acceptors (Lipinski definition) is 3. The van der Waals surface area contributed by atoms with Crippen LogP contribution in [0, 0.1) is 5.92 Å². The van der Waals surface area contributed by atoms with Crippen LogP contribution in [0.25, 0.3) is 0 Å². The van der Waals surface area contributed by atoms with Crippen LogP contribution >= 0.6 is 11.6 Å². The van der Waals surface area contributed by atoms with E-state index in [0.717, 1.165) is 0 Å². The van der Waals surface area contributed by atoms with E-state index in [2.05, 4.69) is 4.98 Å². The second-order valence-corrected chi connectivity index (χ2v) is 3.43. The average molecular weight is 201 g/mol. The first-order chi connectivity index (χ1) is 6.22. The van der Waals surface area contributed by atoms with E-state index in [1.165, 1.54) is 0 Å². The smallest absolute Gasteiger partial charge is 0.139 e. The molecule has 0 aliphatic carbocycles. The van der Waals surface area contributed by atoms with E-state index in [1.807, 2.05) is 6.92 Å². The van der Waals surface area contributed by atoms with E-state index in [-0.39, 0.29) is 0 Å². The lowest BCUT2D eigenvalue weighted by atomic mass is 10.2. The molecule has 0 saturated heterocycles. The molecular weight excluding hydrogens is 188 g/mol. The molecular formula is C9H13ClN2O. The molecule has 1 rings (SSSR count). The molecule has 0 aliphatic rings. The molecule has 0 radical (unpaired) electrons. The number of rotatable bonds is 4. The first-order valence-electron chi connectivity index (χ1n) is 4.15. The summed E-state index contributed by atoms with van der Waals surface area (Å²) in [6.07, 6.45) is 3.20. The topological polar surface area (TPSA) is 48.1 Å². The summed E-state index contributed by atoms with van der Waals surface area (Å²) >= 11 is 5.73. The largest absolute Gasteiger partial charge is 0.492 e. The molecule has 0 bridgehead atoms. The third-order valence-corrected chi connectivity index (χ3v) is 1.82. The molecule has 4 heteroatoms. The Balaban J connectivity index is 2.45. The average Bonchev–Trinajstić information content (AvgIpc) is 2.14. The molecule has 1 aromatic heterocycles. The number of halogens is 1. The first kappa shape index (κ1) is 10.3. The van der Waals surface area contributed by atoms with Crippen molar-refractivity contribution >= 4 is 11.6 Å². The Hall–Kier alpha value is -0.800. The second kappa shape index (κ2) is 5.04. The van der Waals surface area contributed by atoms with Crippen molar-refractivity contribution in [1.82, 2.24) is 4.98 Å². The fraction of sp³-hybridized carbons (Fsp3) is 0.444. The molecule has 1 aromatic rings. The molecule has 3 nitrogen and oxygen atoms in total. The van der Waals surface area contributed by atoms with Gasteiger partial charge in [0.2, 0.25) is 0 Å². The predicted molar refractivity (Wildman–Crippen MR) is 53.0 cm³/mol. The first-order valence-corrected chi connectivity index (χ1v) is 4.53. The van der Waals surface area contributed by atoms with Crippen molar-refractivity contribution in [3.05, 3.63) is 23.5 Å². The lowest BCUT2D eigenvalue weighted by Gasteiger charge is -2.10. The van der Waals surface area contributed by atoms with Crippen LogP contribution in [0.2, 0.25) is 5.02 Å². The van der Waals surface area contributed by atoms with Gasteiger partial charge in [0.25, 0.3) is 0 Å². The quantitative estimate of drug-likeness (QED) is 0.805. The van der Waals surface area contributed by atoms with Gasteiger partial charge in [0.05, 0.1) is 17.8 Å². The van der Waals surface area contributed by atoms with Crippen LogP contribution in [-0.2, 0) is 0 Å². The van der Waals surface area contributed by atoms with Gasteiger partial charge in [-0.3, -0.25) is 4.98 Å². The molecule has 13 heavy (non-hydrogen) atoms. The molecule has 1 heterocycles. The number of nitrogens with two attached hydrogens (primary N) is 1. The summed E-state index contributed by atoms with van der Waals surface area (Å²) in [7, 11) is 0. The standard InChI is InChI=1S/C9H13ClN2O/c1-7(3-11)6-13-9-2-8(10)4-12-5-9/h2,4-5,7H,3,6,11H2,1H3. The molecule has 0 fully saturated rings. The number of nitrogens with zero attached hydrogens (tertiary/aromatic N) is 1. The summed E-state index contributed by atoms with van der Waals surface area (Å²) in [6, 6.07) is 1.73. The summed E-state index contributed by atoms with van der Waals surface area (Å²) in [5.41, 5.74) is 5.44. The van der Waals surface area contributed by atoms with Crippen molar-refractivity contribution < 1.29 is 4.74 Å². The van der Waals surface area contributed by atoms with E-state index < -0.39 is 0 Å². The SMILES string of the molecule is CC(CN)COc1cncc(Cl)c1. The highest BCUT2D eigenvalue weighted by Gasteiger charge is 2.00. The molecule has 2 N–H and O–H groups in total. The maximum atomic E-state index is 5.73. The molecule has 1 atom stereocenters. The zero-order valence-electron chi connectivity index (χ0n) is 7.53. The molecule has 0 amide bonds. The van der Waals surface area contributed by atoms with E-state index in [4.69, 9.17) is 22.1 Å². The minimum Gasteiger partial charge on any atom is -0.492 e. The molecule has 1 unspecified atom stereocenters. The van der Waals surface area contributed by atoms with Crippen molar-refractivity contribution in [1.29, 1.82) is 0 Å². The van der Waals surface area contributed by atoms with E-state index in [9.17, 15) is 0 Å². The summed E-state index contributed by atoms with van der Waals surface area (Å²) < 4.78 is 5.41. The van der Waals surface area contributed by atoms with Gasteiger partial charge < -0.3 is 10.5 Å². The van der Waals surface area contributed by atoms with Crippen molar-refractivity contribution in [3.8, 4) is 5.75 Å². The molecule has 0 saturated carbocycles. The van der Waals surface area contributed by atoms with Crippen molar-refractivity contribution in [2.75, 3.05) is 13.2 Å². The Bertz CT molecular complexity index is 268. The third kappa shape index (κ3) is 3.61. The van der Waals surface area contributed by atoms with Crippen molar-refractivity contribution in [2.24, 2.45) is 11.7 Å². The Morgan fingerprint density at radius 2 is 2.38 bits per heavy atom. The fourth-order valence-corrected chi connectivity index (χ4v) is 0.942. The van der Waals surface area contributed by atoms with Crippen LogP contribution in [0.3, 0.4) is 0 Å². The zero-order valence-corrected chi connectivity index (χ0v) is 8.29. The Morgan fingerprint density at radius 1 is 1.62 bits per heavy atom. The van der Waals surface area contributed by atoms with Gasteiger partial charge in [-0.2, -0.15) is 0 Å². The number of hydrogen-bond donors (Lipinski definition) is 1. The minimum absolute atomic E-state index is 0.346. The lowest BCUT2D eigenvalue weighted by molar-refractivity contribution is 0.263. The minimum atomic E-state index is 0.346. The summed E-state index contributed by atoms with van der Waals surface area (Å²) in [5, 5.41) is 0.581. The molecule has 0 aliphatic heterocycles. The highest BCUT2D eigenvalue weighted by atomic mass is 35.5. The van der Waals surface area contributed by atoms with Crippen LogP contribution in [0.4, 0.5) is 0 Å². The van der Waals surface area contributed by atoms with Crippen LogP contribution in [0.1, 0.15) is 6.92 Å². The number of ether oxygens (including phenoxy) is 1. The number of aromatic nitrogens is 1. The van der Waals surface area contributed by atoms with Crippen molar-refractivity contribution in [2.45, 2.75) is 6.92 Å². The van der Waals surface area contributed by atoms with Crippen LogP contribution in [0.15, 0.2) is 18.5 Å². The third-order valence-electron chi connectivity index (χ3n) is 1.62. The lowest BCUT2D eigenvalue weighted by Crippen LogP contribution is -2.18. The van der Waals surface area contributed by atoms with Gasteiger partial charge in [-0.15, -0.1) is 0 Å². The maximum absolute atomic E-state index is 5.73.